The van der Waals surface area contributed by atoms with E-state index in [2.05, 4.69) is 0 Å². The molecule has 2 rings (SSSR count). The number of nitrogens with zero attached hydrogens (tertiary/aromatic N) is 1. The standard InChI is InChI=1S/C14H13FN2O3/c1-9-5-6-11(17(18)19)7-13(9)20-14-10(8-16)3-2-4-12(14)15/h2-7H,8,16H2,1H3. The van der Waals surface area contributed by atoms with Crippen molar-refractivity contribution in [1.82, 2.24) is 0 Å². The van der Waals surface area contributed by atoms with Gasteiger partial charge in [-0.15, -0.1) is 0 Å². The van der Waals surface area contributed by atoms with Crippen molar-refractivity contribution in [2.24, 2.45) is 5.73 Å². The lowest BCUT2D eigenvalue weighted by Gasteiger charge is -2.12. The molecule has 2 N–H and O–H groups in total. The number of nitro groups is 1. The van der Waals surface area contributed by atoms with Crippen molar-refractivity contribution in [3.05, 3.63) is 63.5 Å². The highest BCUT2D eigenvalue weighted by Crippen LogP contribution is 2.32. The monoisotopic (exact) mass is 276 g/mol. The van der Waals surface area contributed by atoms with Crippen LogP contribution in [0.3, 0.4) is 0 Å². The van der Waals surface area contributed by atoms with Crippen molar-refractivity contribution in [3.8, 4) is 11.5 Å². The number of benzene rings is 2. The van der Waals surface area contributed by atoms with E-state index < -0.39 is 10.7 Å². The number of nitrogens with two attached hydrogens (primary N) is 1. The summed E-state index contributed by atoms with van der Waals surface area (Å²) in [5.41, 5.74) is 6.58. The lowest BCUT2D eigenvalue weighted by Crippen LogP contribution is -2.02. The van der Waals surface area contributed by atoms with Gasteiger partial charge in [-0.05, 0) is 24.6 Å². The predicted molar refractivity (Wildman–Crippen MR) is 72.2 cm³/mol. The van der Waals surface area contributed by atoms with Crippen molar-refractivity contribution < 1.29 is 14.1 Å². The molecule has 0 aliphatic carbocycles. The van der Waals surface area contributed by atoms with Crippen LogP contribution in [0.5, 0.6) is 11.5 Å². The van der Waals surface area contributed by atoms with Gasteiger partial charge >= 0.3 is 0 Å². The van der Waals surface area contributed by atoms with E-state index in [1.165, 1.54) is 24.3 Å². The highest BCUT2D eigenvalue weighted by atomic mass is 19.1. The molecule has 5 nitrogen and oxygen atoms in total. The molecular weight excluding hydrogens is 263 g/mol. The van der Waals surface area contributed by atoms with Crippen molar-refractivity contribution in [2.75, 3.05) is 0 Å². The van der Waals surface area contributed by atoms with Gasteiger partial charge in [0.2, 0.25) is 0 Å². The molecule has 0 atom stereocenters. The molecule has 2 aromatic carbocycles. The molecule has 104 valence electrons. The second kappa shape index (κ2) is 5.66. The summed E-state index contributed by atoms with van der Waals surface area (Å²) in [5, 5.41) is 10.8. The van der Waals surface area contributed by atoms with Crippen LogP contribution in [0, 0.1) is 22.9 Å². The minimum atomic E-state index is -0.557. The summed E-state index contributed by atoms with van der Waals surface area (Å²) in [5.74, 6) is -0.323. The van der Waals surface area contributed by atoms with E-state index >= 15 is 0 Å². The maximum Gasteiger partial charge on any atom is 0.273 e. The average molecular weight is 276 g/mol. The predicted octanol–water partition coefficient (Wildman–Crippen LogP) is 3.29. The Balaban J connectivity index is 2.44. The summed E-state index contributed by atoms with van der Waals surface area (Å²) < 4.78 is 19.3. The molecule has 20 heavy (non-hydrogen) atoms. The molecule has 6 heteroatoms. The highest BCUT2D eigenvalue weighted by molar-refractivity contribution is 5.47. The maximum absolute atomic E-state index is 13.8. The molecule has 0 aliphatic rings. The zero-order valence-corrected chi connectivity index (χ0v) is 10.8. The number of nitro benzene ring substituents is 1. The minimum Gasteiger partial charge on any atom is -0.453 e. The largest absolute Gasteiger partial charge is 0.453 e. The van der Waals surface area contributed by atoms with Crippen LogP contribution in [0.25, 0.3) is 0 Å². The first-order valence-electron chi connectivity index (χ1n) is 5.93. The minimum absolute atomic E-state index is 0.00130. The molecular formula is C14H13FN2O3. The van der Waals surface area contributed by atoms with Gasteiger partial charge in [-0.2, -0.15) is 0 Å². The summed E-state index contributed by atoms with van der Waals surface area (Å²) in [6, 6.07) is 8.61. The van der Waals surface area contributed by atoms with Crippen LogP contribution in [-0.2, 0) is 6.54 Å². The molecule has 0 unspecified atom stereocenters. The number of non-ortho nitro benzene ring substituents is 1. The zero-order chi connectivity index (χ0) is 14.7. The first kappa shape index (κ1) is 14.0. The molecule has 0 spiro atoms. The van der Waals surface area contributed by atoms with E-state index in [0.717, 1.165) is 0 Å². The van der Waals surface area contributed by atoms with Crippen molar-refractivity contribution in [3.63, 3.8) is 0 Å². The van der Waals surface area contributed by atoms with Crippen LogP contribution in [0.4, 0.5) is 10.1 Å². The van der Waals surface area contributed by atoms with E-state index in [-0.39, 0.29) is 23.7 Å². The van der Waals surface area contributed by atoms with Crippen LogP contribution >= 0.6 is 0 Å². The van der Waals surface area contributed by atoms with Gasteiger partial charge in [0.1, 0.15) is 5.75 Å². The Labute approximate surface area is 114 Å². The average Bonchev–Trinajstić information content (AvgIpc) is 2.42. The van der Waals surface area contributed by atoms with E-state index in [1.54, 1.807) is 19.1 Å². The lowest BCUT2D eigenvalue weighted by molar-refractivity contribution is -0.384. The molecule has 2 aromatic rings. The van der Waals surface area contributed by atoms with Gasteiger partial charge in [0, 0.05) is 18.2 Å². The van der Waals surface area contributed by atoms with Crippen molar-refractivity contribution in [2.45, 2.75) is 13.5 Å². The van der Waals surface area contributed by atoms with Crippen molar-refractivity contribution in [1.29, 1.82) is 0 Å². The first-order valence-corrected chi connectivity index (χ1v) is 5.93. The molecule has 0 radical (unpaired) electrons. The fourth-order valence-electron chi connectivity index (χ4n) is 1.75. The normalized spacial score (nSPS) is 10.3. The third-order valence-corrected chi connectivity index (χ3v) is 2.86. The number of hydrogen-bond donors (Lipinski definition) is 1. The van der Waals surface area contributed by atoms with Crippen molar-refractivity contribution >= 4 is 5.69 Å². The van der Waals surface area contributed by atoms with E-state index in [0.29, 0.717) is 11.1 Å². The zero-order valence-electron chi connectivity index (χ0n) is 10.8. The maximum atomic E-state index is 13.8. The number of ether oxygens (including phenoxy) is 1. The first-order chi connectivity index (χ1) is 9.52. The van der Waals surface area contributed by atoms with Crippen LogP contribution in [-0.4, -0.2) is 4.92 Å². The molecule has 0 saturated heterocycles. The van der Waals surface area contributed by atoms with Gasteiger partial charge in [-0.25, -0.2) is 4.39 Å². The van der Waals surface area contributed by atoms with Gasteiger partial charge in [0.25, 0.3) is 5.69 Å². The summed E-state index contributed by atoms with van der Waals surface area (Å²) in [6.07, 6.45) is 0. The SMILES string of the molecule is Cc1ccc([N+](=O)[O-])cc1Oc1c(F)cccc1CN. The highest BCUT2D eigenvalue weighted by Gasteiger charge is 2.14. The Morgan fingerprint density at radius 1 is 1.35 bits per heavy atom. The third-order valence-electron chi connectivity index (χ3n) is 2.86. The smallest absolute Gasteiger partial charge is 0.273 e. The number of aryl methyl sites for hydroxylation is 1. The van der Waals surface area contributed by atoms with E-state index in [9.17, 15) is 14.5 Å². The van der Waals surface area contributed by atoms with Crippen LogP contribution in [0.2, 0.25) is 0 Å². The lowest BCUT2D eigenvalue weighted by atomic mass is 10.1. The van der Waals surface area contributed by atoms with Crippen LogP contribution in [0.15, 0.2) is 36.4 Å². The van der Waals surface area contributed by atoms with Gasteiger partial charge in [-0.3, -0.25) is 10.1 Å². The van der Waals surface area contributed by atoms with Crippen LogP contribution < -0.4 is 10.5 Å². The third kappa shape index (κ3) is 2.75. The summed E-state index contributed by atoms with van der Waals surface area (Å²) in [6.45, 7) is 1.84. The Morgan fingerprint density at radius 3 is 2.75 bits per heavy atom. The van der Waals surface area contributed by atoms with E-state index in [4.69, 9.17) is 10.5 Å². The Bertz CT molecular complexity index is 659. The van der Waals surface area contributed by atoms with Gasteiger partial charge in [0.05, 0.1) is 11.0 Å². The van der Waals surface area contributed by atoms with Gasteiger partial charge in [0.15, 0.2) is 11.6 Å². The summed E-state index contributed by atoms with van der Waals surface area (Å²) >= 11 is 0. The second-order valence-electron chi connectivity index (χ2n) is 4.24. The Kier molecular flexibility index (Phi) is 3.95. The molecule has 0 bridgehead atoms. The Morgan fingerprint density at radius 2 is 2.10 bits per heavy atom. The van der Waals surface area contributed by atoms with Crippen LogP contribution in [0.1, 0.15) is 11.1 Å². The van der Waals surface area contributed by atoms with Gasteiger partial charge in [-0.1, -0.05) is 12.1 Å². The van der Waals surface area contributed by atoms with Gasteiger partial charge < -0.3 is 10.5 Å². The number of hydrogen-bond acceptors (Lipinski definition) is 4. The Hall–Kier alpha value is -2.47. The summed E-state index contributed by atoms with van der Waals surface area (Å²) in [7, 11) is 0. The number of rotatable bonds is 4. The molecule has 0 saturated carbocycles. The molecule has 0 aliphatic heterocycles. The fraction of sp³-hybridized carbons (Fsp3) is 0.143. The number of para-hydroxylation sites is 1. The molecule has 0 fully saturated rings. The number of halogens is 1. The quantitative estimate of drug-likeness (QED) is 0.686. The fourth-order valence-corrected chi connectivity index (χ4v) is 1.75. The molecule has 0 heterocycles. The van der Waals surface area contributed by atoms with E-state index in [1.807, 2.05) is 0 Å². The molecule has 0 aromatic heterocycles. The molecule has 0 amide bonds. The second-order valence-corrected chi connectivity index (χ2v) is 4.24. The topological polar surface area (TPSA) is 78.4 Å². The summed E-state index contributed by atoms with van der Waals surface area (Å²) in [4.78, 5) is 10.2.